The topological polar surface area (TPSA) is 129 Å². The van der Waals surface area contributed by atoms with E-state index in [0.717, 1.165) is 18.2 Å². The summed E-state index contributed by atoms with van der Waals surface area (Å²) in [6, 6.07) is 5.48. The highest BCUT2D eigenvalue weighted by molar-refractivity contribution is 5.98. The maximum Gasteiger partial charge on any atom is 0.284 e. The fraction of sp³-hybridized carbons (Fsp3) is 0. The van der Waals surface area contributed by atoms with Gasteiger partial charge in [0.25, 0.3) is 17.1 Å². The largest absolute Gasteiger partial charge is 0.284 e. The minimum Gasteiger partial charge on any atom is -0.258 e. The van der Waals surface area contributed by atoms with E-state index in [4.69, 9.17) is 0 Å². The standard InChI is InChI=1S/C10H5N3O6/c14-11(15)6-4-8-7(10(5-6)13(18)19)2-1-3-9(8)12(16)17/h1-5H. The maximum absolute atomic E-state index is 10.9. The Balaban J connectivity index is 2.95. The Hall–Kier alpha value is -3.10. The van der Waals surface area contributed by atoms with E-state index in [2.05, 4.69) is 0 Å². The molecule has 96 valence electrons. The fourth-order valence-corrected chi connectivity index (χ4v) is 1.75. The lowest BCUT2D eigenvalue weighted by Gasteiger charge is -2.01. The molecule has 19 heavy (non-hydrogen) atoms. The van der Waals surface area contributed by atoms with Crippen LogP contribution in [0.5, 0.6) is 0 Å². The number of hydrogen-bond acceptors (Lipinski definition) is 6. The Morgan fingerprint density at radius 3 is 1.89 bits per heavy atom. The van der Waals surface area contributed by atoms with Gasteiger partial charge in [0, 0.05) is 12.1 Å². The number of nitrogens with zero attached hydrogens (tertiary/aromatic N) is 3. The molecule has 0 N–H and O–H groups in total. The van der Waals surface area contributed by atoms with Gasteiger partial charge in [-0.25, -0.2) is 0 Å². The first-order valence-corrected chi connectivity index (χ1v) is 4.91. The summed E-state index contributed by atoms with van der Waals surface area (Å²) in [6.45, 7) is 0. The van der Waals surface area contributed by atoms with E-state index < -0.39 is 31.8 Å². The van der Waals surface area contributed by atoms with Crippen molar-refractivity contribution < 1.29 is 14.8 Å². The normalized spacial score (nSPS) is 10.3. The number of nitro benzene ring substituents is 3. The summed E-state index contributed by atoms with van der Waals surface area (Å²) in [5.74, 6) is 0. The smallest absolute Gasteiger partial charge is 0.258 e. The monoisotopic (exact) mass is 263 g/mol. The Morgan fingerprint density at radius 1 is 0.737 bits per heavy atom. The van der Waals surface area contributed by atoms with Crippen molar-refractivity contribution in [1.29, 1.82) is 0 Å². The second kappa shape index (κ2) is 4.29. The molecule has 9 nitrogen and oxygen atoms in total. The van der Waals surface area contributed by atoms with Crippen molar-refractivity contribution >= 4 is 27.8 Å². The number of nitro groups is 3. The number of fused-ring (bicyclic) bond motifs is 1. The molecule has 0 heterocycles. The van der Waals surface area contributed by atoms with Crippen molar-refractivity contribution in [1.82, 2.24) is 0 Å². The predicted molar refractivity (Wildman–Crippen MR) is 63.9 cm³/mol. The lowest BCUT2D eigenvalue weighted by Crippen LogP contribution is -1.96. The zero-order valence-corrected chi connectivity index (χ0v) is 9.18. The number of rotatable bonds is 3. The van der Waals surface area contributed by atoms with Crippen LogP contribution < -0.4 is 0 Å². The second-order valence-corrected chi connectivity index (χ2v) is 3.61. The lowest BCUT2D eigenvalue weighted by molar-refractivity contribution is -0.393. The minimum absolute atomic E-state index is 0.00944. The molecule has 0 spiro atoms. The molecule has 9 heteroatoms. The first-order valence-electron chi connectivity index (χ1n) is 4.91. The van der Waals surface area contributed by atoms with Crippen LogP contribution in [0.4, 0.5) is 17.1 Å². The highest BCUT2D eigenvalue weighted by Crippen LogP contribution is 2.35. The van der Waals surface area contributed by atoms with E-state index in [9.17, 15) is 30.3 Å². The average molecular weight is 263 g/mol. The molecule has 2 aromatic rings. The van der Waals surface area contributed by atoms with Gasteiger partial charge in [-0.15, -0.1) is 0 Å². The van der Waals surface area contributed by atoms with Crippen LogP contribution in [0.1, 0.15) is 0 Å². The van der Waals surface area contributed by atoms with Crippen LogP contribution in [0.3, 0.4) is 0 Å². The molecule has 0 saturated heterocycles. The zero-order valence-electron chi connectivity index (χ0n) is 9.18. The van der Waals surface area contributed by atoms with Crippen LogP contribution in [-0.2, 0) is 0 Å². The summed E-state index contributed by atoms with van der Waals surface area (Å²) in [4.78, 5) is 30.1. The highest BCUT2D eigenvalue weighted by atomic mass is 16.6. The quantitative estimate of drug-likeness (QED) is 0.617. The lowest BCUT2D eigenvalue weighted by atomic mass is 10.1. The van der Waals surface area contributed by atoms with Gasteiger partial charge < -0.3 is 0 Å². The van der Waals surface area contributed by atoms with Crippen molar-refractivity contribution in [3.05, 3.63) is 60.7 Å². The summed E-state index contributed by atoms with van der Waals surface area (Å²) in [6.07, 6.45) is 0. The molecule has 0 saturated carbocycles. The van der Waals surface area contributed by atoms with Gasteiger partial charge >= 0.3 is 0 Å². The number of non-ortho nitro benzene ring substituents is 3. The number of hydrogen-bond donors (Lipinski definition) is 0. The van der Waals surface area contributed by atoms with Crippen LogP contribution in [0.25, 0.3) is 10.8 Å². The van der Waals surface area contributed by atoms with Gasteiger partial charge in [0.2, 0.25) is 0 Å². The van der Waals surface area contributed by atoms with Crippen LogP contribution in [-0.4, -0.2) is 14.8 Å². The molecular weight excluding hydrogens is 258 g/mol. The molecule has 0 radical (unpaired) electrons. The Labute approximate surface area is 104 Å². The van der Waals surface area contributed by atoms with Crippen molar-refractivity contribution in [2.45, 2.75) is 0 Å². The van der Waals surface area contributed by atoms with Crippen molar-refractivity contribution in [3.63, 3.8) is 0 Å². The average Bonchev–Trinajstić information content (AvgIpc) is 2.36. The van der Waals surface area contributed by atoms with E-state index in [-0.39, 0.29) is 10.8 Å². The number of benzene rings is 2. The molecule has 0 aliphatic rings. The Kier molecular flexibility index (Phi) is 2.79. The SMILES string of the molecule is O=[N+]([O-])c1cc([N+](=O)[O-])c2cccc([N+](=O)[O-])c2c1. The van der Waals surface area contributed by atoms with Crippen LogP contribution >= 0.6 is 0 Å². The fourth-order valence-electron chi connectivity index (χ4n) is 1.75. The summed E-state index contributed by atoms with van der Waals surface area (Å²) < 4.78 is 0. The molecule has 0 amide bonds. The molecule has 0 aliphatic carbocycles. The molecule has 2 rings (SSSR count). The van der Waals surface area contributed by atoms with Gasteiger partial charge in [0.1, 0.15) is 0 Å². The van der Waals surface area contributed by atoms with Crippen molar-refractivity contribution in [2.24, 2.45) is 0 Å². The van der Waals surface area contributed by atoms with Gasteiger partial charge in [0.05, 0.1) is 31.6 Å². The first kappa shape index (κ1) is 12.4. The van der Waals surface area contributed by atoms with Gasteiger partial charge in [-0.2, -0.15) is 0 Å². The molecule has 0 atom stereocenters. The Bertz CT molecular complexity index is 727. The summed E-state index contributed by atoms with van der Waals surface area (Å²) in [5, 5.41) is 32.3. The van der Waals surface area contributed by atoms with Crippen LogP contribution in [0.15, 0.2) is 30.3 Å². The van der Waals surface area contributed by atoms with E-state index in [0.29, 0.717) is 0 Å². The molecule has 2 aromatic carbocycles. The molecule has 0 unspecified atom stereocenters. The summed E-state index contributed by atoms with van der Waals surface area (Å²) >= 11 is 0. The summed E-state index contributed by atoms with van der Waals surface area (Å²) in [5.41, 5.74) is -1.51. The zero-order chi connectivity index (χ0) is 14.2. The highest BCUT2D eigenvalue weighted by Gasteiger charge is 2.23. The van der Waals surface area contributed by atoms with Gasteiger partial charge in [0.15, 0.2) is 0 Å². The van der Waals surface area contributed by atoms with E-state index in [1.165, 1.54) is 12.1 Å². The van der Waals surface area contributed by atoms with Crippen LogP contribution in [0, 0.1) is 30.3 Å². The van der Waals surface area contributed by atoms with E-state index >= 15 is 0 Å². The van der Waals surface area contributed by atoms with Crippen molar-refractivity contribution in [2.75, 3.05) is 0 Å². The molecule has 0 aliphatic heterocycles. The molecule has 0 fully saturated rings. The first-order chi connectivity index (χ1) is 8.91. The summed E-state index contributed by atoms with van der Waals surface area (Å²) in [7, 11) is 0. The maximum atomic E-state index is 10.9. The van der Waals surface area contributed by atoms with Gasteiger partial charge in [-0.1, -0.05) is 6.07 Å². The second-order valence-electron chi connectivity index (χ2n) is 3.61. The molecule has 0 aromatic heterocycles. The minimum atomic E-state index is -0.830. The third-order valence-corrected chi connectivity index (χ3v) is 2.54. The van der Waals surface area contributed by atoms with Crippen molar-refractivity contribution in [3.8, 4) is 0 Å². The third kappa shape index (κ3) is 2.04. The van der Waals surface area contributed by atoms with Gasteiger partial charge in [-0.3, -0.25) is 30.3 Å². The van der Waals surface area contributed by atoms with Crippen LogP contribution in [0.2, 0.25) is 0 Å². The van der Waals surface area contributed by atoms with Gasteiger partial charge in [-0.05, 0) is 6.07 Å². The Morgan fingerprint density at radius 2 is 1.37 bits per heavy atom. The van der Waals surface area contributed by atoms with E-state index in [1.807, 2.05) is 0 Å². The van der Waals surface area contributed by atoms with E-state index in [1.54, 1.807) is 0 Å². The molecule has 0 bridgehead atoms. The molecular formula is C10H5N3O6. The third-order valence-electron chi connectivity index (χ3n) is 2.54. The predicted octanol–water partition coefficient (Wildman–Crippen LogP) is 2.56.